The Labute approximate surface area is 112 Å². The minimum absolute atomic E-state index is 0.493. The van der Waals surface area contributed by atoms with Crippen molar-refractivity contribution in [3.8, 4) is 5.75 Å². The maximum Gasteiger partial charge on any atom is 0.197 e. The molecule has 1 aromatic rings. The molecule has 1 aromatic heterocycles. The zero-order valence-corrected chi connectivity index (χ0v) is 11.9. The minimum atomic E-state index is 0.493. The van der Waals surface area contributed by atoms with E-state index in [4.69, 9.17) is 10.5 Å². The van der Waals surface area contributed by atoms with Crippen LogP contribution in [0.15, 0.2) is 0 Å². The van der Waals surface area contributed by atoms with Crippen molar-refractivity contribution in [2.45, 2.75) is 19.8 Å². The Morgan fingerprint density at radius 1 is 1.50 bits per heavy atom. The van der Waals surface area contributed by atoms with Crippen molar-refractivity contribution in [2.75, 3.05) is 44.3 Å². The van der Waals surface area contributed by atoms with E-state index in [0.717, 1.165) is 23.2 Å². The summed E-state index contributed by atoms with van der Waals surface area (Å²) in [5, 5.41) is 4.40. The van der Waals surface area contributed by atoms with E-state index in [9.17, 15) is 0 Å². The maximum absolute atomic E-state index is 5.78. The molecule has 0 amide bonds. The first kappa shape index (κ1) is 13.4. The average Bonchev–Trinajstić information content (AvgIpc) is 2.71. The number of nitrogens with two attached hydrogens (primary N) is 1. The lowest BCUT2D eigenvalue weighted by molar-refractivity contribution is 0.226. The summed E-state index contributed by atoms with van der Waals surface area (Å²) in [5.74, 6) is 1.95. The normalized spacial score (nSPS) is 17.9. The summed E-state index contributed by atoms with van der Waals surface area (Å²) in [6.07, 6.45) is 2.50. The highest BCUT2D eigenvalue weighted by Crippen LogP contribution is 2.35. The van der Waals surface area contributed by atoms with Crippen molar-refractivity contribution in [3.63, 3.8) is 0 Å². The Morgan fingerprint density at radius 2 is 2.22 bits per heavy atom. The van der Waals surface area contributed by atoms with Gasteiger partial charge in [-0.25, -0.2) is 0 Å². The molecule has 1 saturated heterocycles. The van der Waals surface area contributed by atoms with Crippen LogP contribution in [0, 0.1) is 5.92 Å². The van der Waals surface area contributed by atoms with Crippen LogP contribution < -0.4 is 15.8 Å². The highest BCUT2D eigenvalue weighted by Gasteiger charge is 2.18. The van der Waals surface area contributed by atoms with Crippen LogP contribution in [0.3, 0.4) is 0 Å². The van der Waals surface area contributed by atoms with Gasteiger partial charge in [-0.15, -0.1) is 0 Å². The molecule has 0 unspecified atom stereocenters. The smallest absolute Gasteiger partial charge is 0.197 e. The van der Waals surface area contributed by atoms with Crippen molar-refractivity contribution in [2.24, 2.45) is 5.92 Å². The fraction of sp³-hybridized carbons (Fsp3) is 0.750. The number of rotatable bonds is 5. The predicted molar refractivity (Wildman–Crippen MR) is 76.4 cm³/mol. The molecule has 1 fully saturated rings. The number of nitrogen functional groups attached to an aromatic ring is 1. The molecule has 3 N–H and O–H groups in total. The average molecular weight is 270 g/mol. The Hall–Kier alpha value is -1.01. The molecule has 18 heavy (non-hydrogen) atoms. The lowest BCUT2D eigenvalue weighted by atomic mass is 9.97. The van der Waals surface area contributed by atoms with Crippen LogP contribution in [0.4, 0.5) is 10.8 Å². The number of ether oxygens (including phenoxy) is 1. The van der Waals surface area contributed by atoms with Gasteiger partial charge in [-0.3, -0.25) is 0 Å². The van der Waals surface area contributed by atoms with Gasteiger partial charge in [-0.1, -0.05) is 0 Å². The standard InChI is InChI=1S/C12H22N4OS/c1-3-17-10-11(13)15-18-12(10)14-8-9-4-6-16(2)7-5-9/h9,14H,3-8H2,1-2H3,(H2,13,15). The van der Waals surface area contributed by atoms with Gasteiger partial charge in [-0.2, -0.15) is 4.37 Å². The van der Waals surface area contributed by atoms with Crippen LogP contribution >= 0.6 is 11.5 Å². The second-order valence-corrected chi connectivity index (χ2v) is 5.56. The molecule has 0 bridgehead atoms. The summed E-state index contributed by atoms with van der Waals surface area (Å²) in [6, 6.07) is 0. The van der Waals surface area contributed by atoms with Gasteiger partial charge in [0.05, 0.1) is 6.61 Å². The van der Waals surface area contributed by atoms with E-state index in [0.29, 0.717) is 12.4 Å². The predicted octanol–water partition coefficient (Wildman–Crippen LogP) is 1.88. The van der Waals surface area contributed by atoms with Crippen molar-refractivity contribution < 1.29 is 4.74 Å². The second-order valence-electron chi connectivity index (χ2n) is 4.79. The molecule has 0 aromatic carbocycles. The van der Waals surface area contributed by atoms with E-state index in [1.165, 1.54) is 37.5 Å². The number of likely N-dealkylation sites (tertiary alicyclic amines) is 1. The molecule has 5 nitrogen and oxygen atoms in total. The van der Waals surface area contributed by atoms with E-state index < -0.39 is 0 Å². The third-order valence-electron chi connectivity index (χ3n) is 3.35. The fourth-order valence-electron chi connectivity index (χ4n) is 2.19. The Kier molecular flexibility index (Phi) is 4.66. The molecule has 6 heteroatoms. The highest BCUT2D eigenvalue weighted by atomic mass is 32.1. The topological polar surface area (TPSA) is 63.4 Å². The van der Waals surface area contributed by atoms with E-state index in [1.807, 2.05) is 6.92 Å². The molecular weight excluding hydrogens is 248 g/mol. The monoisotopic (exact) mass is 270 g/mol. The second kappa shape index (κ2) is 6.24. The molecule has 1 aliphatic heterocycles. The van der Waals surface area contributed by atoms with Crippen LogP contribution in [0.2, 0.25) is 0 Å². The summed E-state index contributed by atoms with van der Waals surface area (Å²) in [4.78, 5) is 2.38. The number of hydrogen-bond donors (Lipinski definition) is 2. The lowest BCUT2D eigenvalue weighted by Gasteiger charge is -2.29. The summed E-state index contributed by atoms with van der Waals surface area (Å²) in [7, 11) is 2.18. The van der Waals surface area contributed by atoms with Crippen molar-refractivity contribution in [1.82, 2.24) is 9.27 Å². The number of aromatic nitrogens is 1. The molecule has 0 saturated carbocycles. The van der Waals surface area contributed by atoms with Crippen LogP contribution in [-0.2, 0) is 0 Å². The number of nitrogens with zero attached hydrogens (tertiary/aromatic N) is 2. The lowest BCUT2D eigenvalue weighted by Crippen LogP contribution is -2.32. The highest BCUT2D eigenvalue weighted by molar-refractivity contribution is 7.11. The van der Waals surface area contributed by atoms with Gasteiger partial charge in [0.25, 0.3) is 0 Å². The molecule has 0 aliphatic carbocycles. The van der Waals surface area contributed by atoms with Gasteiger partial charge in [0.2, 0.25) is 0 Å². The summed E-state index contributed by atoms with van der Waals surface area (Å²) < 4.78 is 9.65. The molecule has 0 atom stereocenters. The third-order valence-corrected chi connectivity index (χ3v) is 4.15. The van der Waals surface area contributed by atoms with E-state index >= 15 is 0 Å². The first-order valence-corrected chi connectivity index (χ1v) is 7.28. The number of piperidine rings is 1. The summed E-state index contributed by atoms with van der Waals surface area (Å²) in [5.41, 5.74) is 5.78. The Morgan fingerprint density at radius 3 is 2.89 bits per heavy atom. The van der Waals surface area contributed by atoms with Gasteiger partial charge in [-0.05, 0) is 57.4 Å². The maximum atomic E-state index is 5.78. The Bertz CT molecular complexity index is 374. The number of nitrogens with one attached hydrogen (secondary N) is 1. The summed E-state index contributed by atoms with van der Waals surface area (Å²) in [6.45, 7) is 5.93. The fourth-order valence-corrected chi connectivity index (χ4v) is 2.86. The van der Waals surface area contributed by atoms with E-state index in [2.05, 4.69) is 21.6 Å². The quantitative estimate of drug-likeness (QED) is 0.855. The largest absolute Gasteiger partial charge is 0.487 e. The molecule has 1 aliphatic rings. The molecular formula is C12H22N4OS. The van der Waals surface area contributed by atoms with Gasteiger partial charge in [0.15, 0.2) is 16.6 Å². The van der Waals surface area contributed by atoms with E-state index in [-0.39, 0.29) is 0 Å². The molecule has 102 valence electrons. The van der Waals surface area contributed by atoms with Crippen LogP contribution in [0.1, 0.15) is 19.8 Å². The SMILES string of the molecule is CCOc1c(N)nsc1NCC1CCN(C)CC1. The Balaban J connectivity index is 1.86. The van der Waals surface area contributed by atoms with Gasteiger partial charge in [0.1, 0.15) is 0 Å². The molecule has 0 spiro atoms. The molecule has 2 rings (SSSR count). The van der Waals surface area contributed by atoms with Crippen LogP contribution in [0.5, 0.6) is 5.75 Å². The van der Waals surface area contributed by atoms with Crippen LogP contribution in [-0.4, -0.2) is 42.6 Å². The van der Waals surface area contributed by atoms with Gasteiger partial charge >= 0.3 is 0 Å². The zero-order chi connectivity index (χ0) is 13.0. The third kappa shape index (κ3) is 3.26. The van der Waals surface area contributed by atoms with Gasteiger partial charge < -0.3 is 20.7 Å². The number of hydrogen-bond acceptors (Lipinski definition) is 6. The molecule has 0 radical (unpaired) electrons. The van der Waals surface area contributed by atoms with E-state index in [1.54, 1.807) is 0 Å². The summed E-state index contributed by atoms with van der Waals surface area (Å²) >= 11 is 1.38. The molecule has 2 heterocycles. The van der Waals surface area contributed by atoms with Gasteiger partial charge in [0, 0.05) is 6.54 Å². The van der Waals surface area contributed by atoms with Crippen molar-refractivity contribution in [3.05, 3.63) is 0 Å². The van der Waals surface area contributed by atoms with Crippen molar-refractivity contribution >= 4 is 22.4 Å². The van der Waals surface area contributed by atoms with Crippen LogP contribution in [0.25, 0.3) is 0 Å². The van der Waals surface area contributed by atoms with Crippen molar-refractivity contribution in [1.29, 1.82) is 0 Å². The zero-order valence-electron chi connectivity index (χ0n) is 11.1. The number of anilines is 2. The minimum Gasteiger partial charge on any atom is -0.487 e. The first-order chi connectivity index (χ1) is 8.70. The first-order valence-electron chi connectivity index (χ1n) is 6.51.